The van der Waals surface area contributed by atoms with E-state index >= 15 is 0 Å². The van der Waals surface area contributed by atoms with Gasteiger partial charge in [-0.15, -0.1) is 0 Å². The molecule has 1 rings (SSSR count). The van der Waals surface area contributed by atoms with Crippen LogP contribution in [0.25, 0.3) is 0 Å². The minimum absolute atomic E-state index is 0.0308. The quantitative estimate of drug-likeness (QED) is 0.819. The largest absolute Gasteiger partial charge is 0.352 e. The fourth-order valence-electron chi connectivity index (χ4n) is 2.04. The predicted molar refractivity (Wildman–Crippen MR) is 80.2 cm³/mol. The molecule has 0 aliphatic carbocycles. The van der Waals surface area contributed by atoms with Crippen LogP contribution in [0.3, 0.4) is 0 Å². The Balaban J connectivity index is 2.53. The standard InChI is InChI=1S/C16H26N2O/c1-5-13(6-2)11-17-16(19)15-9-7-14(8-10-15)12-18(3)4/h7-10,13H,5-6,11-12H2,1-4H3,(H,17,19). The highest BCUT2D eigenvalue weighted by molar-refractivity contribution is 5.94. The summed E-state index contributed by atoms with van der Waals surface area (Å²) in [6.45, 7) is 5.99. The van der Waals surface area contributed by atoms with Crippen molar-refractivity contribution in [2.45, 2.75) is 33.2 Å². The van der Waals surface area contributed by atoms with E-state index in [4.69, 9.17) is 0 Å². The lowest BCUT2D eigenvalue weighted by Gasteiger charge is -2.14. The Labute approximate surface area is 117 Å². The number of hydrogen-bond donors (Lipinski definition) is 1. The van der Waals surface area contributed by atoms with Gasteiger partial charge in [0.05, 0.1) is 0 Å². The maximum atomic E-state index is 12.0. The van der Waals surface area contributed by atoms with E-state index in [1.807, 2.05) is 38.4 Å². The molecule has 0 fully saturated rings. The van der Waals surface area contributed by atoms with Crippen LogP contribution in [0.1, 0.15) is 42.6 Å². The minimum atomic E-state index is 0.0308. The minimum Gasteiger partial charge on any atom is -0.352 e. The molecule has 0 bridgehead atoms. The van der Waals surface area contributed by atoms with Gasteiger partial charge in [-0.1, -0.05) is 38.8 Å². The van der Waals surface area contributed by atoms with E-state index in [0.29, 0.717) is 5.92 Å². The SMILES string of the molecule is CCC(CC)CNC(=O)c1ccc(CN(C)C)cc1. The van der Waals surface area contributed by atoms with Crippen molar-refractivity contribution in [1.29, 1.82) is 0 Å². The number of carbonyl (C=O) groups excluding carboxylic acids is 1. The van der Waals surface area contributed by atoms with Crippen molar-refractivity contribution in [3.05, 3.63) is 35.4 Å². The molecule has 3 heteroatoms. The molecule has 0 atom stereocenters. The smallest absolute Gasteiger partial charge is 0.251 e. The molecule has 1 amide bonds. The maximum Gasteiger partial charge on any atom is 0.251 e. The topological polar surface area (TPSA) is 32.3 Å². The number of hydrogen-bond acceptors (Lipinski definition) is 2. The van der Waals surface area contributed by atoms with E-state index < -0.39 is 0 Å². The zero-order chi connectivity index (χ0) is 14.3. The highest BCUT2D eigenvalue weighted by Gasteiger charge is 2.08. The van der Waals surface area contributed by atoms with Crippen LogP contribution in [0.15, 0.2) is 24.3 Å². The molecule has 0 aliphatic rings. The van der Waals surface area contributed by atoms with E-state index in [-0.39, 0.29) is 5.91 Å². The first-order chi connectivity index (χ1) is 9.06. The van der Waals surface area contributed by atoms with Gasteiger partial charge >= 0.3 is 0 Å². The lowest BCUT2D eigenvalue weighted by Crippen LogP contribution is -2.28. The number of rotatable bonds is 7. The van der Waals surface area contributed by atoms with Crippen LogP contribution in [-0.4, -0.2) is 31.4 Å². The van der Waals surface area contributed by atoms with Gasteiger partial charge in [-0.25, -0.2) is 0 Å². The zero-order valence-corrected chi connectivity index (χ0v) is 12.6. The summed E-state index contributed by atoms with van der Waals surface area (Å²) in [5.74, 6) is 0.611. The summed E-state index contributed by atoms with van der Waals surface area (Å²) in [6, 6.07) is 7.85. The monoisotopic (exact) mass is 262 g/mol. The average molecular weight is 262 g/mol. The van der Waals surface area contributed by atoms with Crippen molar-refractivity contribution in [2.75, 3.05) is 20.6 Å². The maximum absolute atomic E-state index is 12.0. The first kappa shape index (κ1) is 15.7. The van der Waals surface area contributed by atoms with Gasteiger partial charge in [-0.3, -0.25) is 4.79 Å². The first-order valence-corrected chi connectivity index (χ1v) is 7.08. The fraction of sp³-hybridized carbons (Fsp3) is 0.562. The summed E-state index contributed by atoms with van der Waals surface area (Å²) in [6.07, 6.45) is 2.22. The van der Waals surface area contributed by atoms with E-state index in [9.17, 15) is 4.79 Å². The first-order valence-electron chi connectivity index (χ1n) is 7.08. The van der Waals surface area contributed by atoms with Crippen LogP contribution in [-0.2, 0) is 6.54 Å². The highest BCUT2D eigenvalue weighted by atomic mass is 16.1. The van der Waals surface area contributed by atoms with E-state index in [0.717, 1.165) is 31.5 Å². The van der Waals surface area contributed by atoms with Gasteiger partial charge in [0.1, 0.15) is 0 Å². The van der Waals surface area contributed by atoms with Crippen molar-refractivity contribution in [2.24, 2.45) is 5.92 Å². The second-order valence-electron chi connectivity index (χ2n) is 5.33. The number of benzene rings is 1. The van der Waals surface area contributed by atoms with Crippen LogP contribution in [0.4, 0.5) is 0 Å². The Hall–Kier alpha value is -1.35. The van der Waals surface area contributed by atoms with Crippen molar-refractivity contribution in [1.82, 2.24) is 10.2 Å². The molecule has 0 radical (unpaired) electrons. The normalized spacial score (nSPS) is 11.1. The number of carbonyl (C=O) groups is 1. The molecule has 3 nitrogen and oxygen atoms in total. The third-order valence-electron chi connectivity index (χ3n) is 3.42. The molecule has 0 aliphatic heterocycles. The van der Waals surface area contributed by atoms with Crippen molar-refractivity contribution < 1.29 is 4.79 Å². The summed E-state index contributed by atoms with van der Waals surface area (Å²) < 4.78 is 0. The Morgan fingerprint density at radius 3 is 2.21 bits per heavy atom. The van der Waals surface area contributed by atoms with Gasteiger partial charge in [-0.05, 0) is 37.7 Å². The van der Waals surface area contributed by atoms with Crippen molar-refractivity contribution in [3.8, 4) is 0 Å². The Kier molecular flexibility index (Phi) is 6.57. The van der Waals surface area contributed by atoms with Gasteiger partial charge in [-0.2, -0.15) is 0 Å². The van der Waals surface area contributed by atoms with Crippen LogP contribution >= 0.6 is 0 Å². The molecule has 0 aromatic heterocycles. The van der Waals surface area contributed by atoms with Crippen LogP contribution < -0.4 is 5.32 Å². The molecular formula is C16H26N2O. The summed E-state index contributed by atoms with van der Waals surface area (Å²) >= 11 is 0. The van der Waals surface area contributed by atoms with Gasteiger partial charge < -0.3 is 10.2 Å². The Morgan fingerprint density at radius 1 is 1.16 bits per heavy atom. The average Bonchev–Trinajstić information content (AvgIpc) is 2.39. The van der Waals surface area contributed by atoms with Gasteiger partial charge in [0.25, 0.3) is 5.91 Å². The fourth-order valence-corrected chi connectivity index (χ4v) is 2.04. The second kappa shape index (κ2) is 7.95. The molecule has 1 N–H and O–H groups in total. The molecule has 0 saturated heterocycles. The lowest BCUT2D eigenvalue weighted by atomic mass is 10.0. The Morgan fingerprint density at radius 2 is 1.74 bits per heavy atom. The molecule has 106 valence electrons. The molecule has 19 heavy (non-hydrogen) atoms. The number of nitrogens with zero attached hydrogens (tertiary/aromatic N) is 1. The van der Waals surface area contributed by atoms with Crippen LogP contribution in [0.5, 0.6) is 0 Å². The summed E-state index contributed by atoms with van der Waals surface area (Å²) in [4.78, 5) is 14.1. The van der Waals surface area contributed by atoms with E-state index in [2.05, 4.69) is 24.1 Å². The van der Waals surface area contributed by atoms with Crippen molar-refractivity contribution >= 4 is 5.91 Å². The molecule has 0 spiro atoms. The predicted octanol–water partition coefficient (Wildman–Crippen LogP) is 2.91. The summed E-state index contributed by atoms with van der Waals surface area (Å²) in [5.41, 5.74) is 1.97. The molecule has 1 aromatic carbocycles. The molecule has 0 heterocycles. The second-order valence-corrected chi connectivity index (χ2v) is 5.33. The molecule has 1 aromatic rings. The van der Waals surface area contributed by atoms with Gasteiger partial charge in [0.2, 0.25) is 0 Å². The van der Waals surface area contributed by atoms with Crippen molar-refractivity contribution in [3.63, 3.8) is 0 Å². The summed E-state index contributed by atoms with van der Waals surface area (Å²) in [5, 5.41) is 3.01. The third kappa shape index (κ3) is 5.43. The van der Waals surface area contributed by atoms with Gasteiger partial charge in [0, 0.05) is 18.7 Å². The highest BCUT2D eigenvalue weighted by Crippen LogP contribution is 2.08. The van der Waals surface area contributed by atoms with Crippen LogP contribution in [0.2, 0.25) is 0 Å². The van der Waals surface area contributed by atoms with E-state index in [1.165, 1.54) is 5.56 Å². The summed E-state index contributed by atoms with van der Waals surface area (Å²) in [7, 11) is 4.08. The van der Waals surface area contributed by atoms with Crippen LogP contribution in [0, 0.1) is 5.92 Å². The number of nitrogens with one attached hydrogen (secondary N) is 1. The number of amides is 1. The Bertz CT molecular complexity index is 380. The molecule has 0 saturated carbocycles. The third-order valence-corrected chi connectivity index (χ3v) is 3.42. The zero-order valence-electron chi connectivity index (χ0n) is 12.6. The van der Waals surface area contributed by atoms with E-state index in [1.54, 1.807) is 0 Å². The lowest BCUT2D eigenvalue weighted by molar-refractivity contribution is 0.0946. The van der Waals surface area contributed by atoms with Gasteiger partial charge in [0.15, 0.2) is 0 Å². The molecule has 0 unspecified atom stereocenters. The molecular weight excluding hydrogens is 236 g/mol.